The molecule has 0 spiro atoms. The van der Waals surface area contributed by atoms with Crippen molar-refractivity contribution >= 4 is 23.3 Å². The lowest BCUT2D eigenvalue weighted by molar-refractivity contribution is -0.121. The van der Waals surface area contributed by atoms with Crippen molar-refractivity contribution in [3.63, 3.8) is 0 Å². The standard InChI is InChI=1S/C42H53N3O4/c1-28(31-18-19-31)49-27-39(43)42(48)45-40-26-35(41(47)44-24-6-9-30-8-5-11-36(46)25-30)23-22-34(40)17-15-29-7-4-10-32(16-14-29)37-12-2-3-13-38(37)33-20-21-33/h2,12,20,22-23,26-32H,4-11,14-19,21,24-25,43H2,1H3,(H,44,47)(H,45,48)/b39-27-. The number of anilines is 1. The van der Waals surface area contributed by atoms with Gasteiger partial charge in [0, 0.05) is 36.2 Å². The van der Waals surface area contributed by atoms with Crippen molar-refractivity contribution in [3.05, 3.63) is 87.7 Å². The van der Waals surface area contributed by atoms with Gasteiger partial charge in [0.2, 0.25) is 0 Å². The van der Waals surface area contributed by atoms with Crippen molar-refractivity contribution in [1.82, 2.24) is 5.32 Å². The summed E-state index contributed by atoms with van der Waals surface area (Å²) in [5.41, 5.74) is 19.0. The number of carbonyl (C=O) groups excluding carboxylic acids is 3. The minimum Gasteiger partial charge on any atom is -0.496 e. The molecule has 5 aliphatic rings. The number of aryl methyl sites for hydroxylation is 1. The largest absolute Gasteiger partial charge is 0.496 e. The fourth-order valence-corrected chi connectivity index (χ4v) is 7.81. The molecule has 4 unspecified atom stereocenters. The molecule has 6 rings (SSSR count). The first-order chi connectivity index (χ1) is 23.8. The van der Waals surface area contributed by atoms with E-state index in [0.29, 0.717) is 60.1 Å². The average molecular weight is 664 g/mol. The zero-order chi connectivity index (χ0) is 34.2. The zero-order valence-electron chi connectivity index (χ0n) is 29.2. The third-order valence-corrected chi connectivity index (χ3v) is 11.1. The summed E-state index contributed by atoms with van der Waals surface area (Å²) in [5.74, 6) is 1.88. The molecule has 0 aliphatic heterocycles. The minimum atomic E-state index is -0.431. The number of Topliss-reactive ketones (excluding diaryl/α,β-unsaturated/α-hetero) is 1. The fraction of sp³-hybridized carbons (Fsp3) is 0.548. The highest BCUT2D eigenvalue weighted by Crippen LogP contribution is 2.42. The van der Waals surface area contributed by atoms with Gasteiger partial charge in [-0.3, -0.25) is 14.4 Å². The van der Waals surface area contributed by atoms with Gasteiger partial charge in [-0.2, -0.15) is 0 Å². The zero-order valence-corrected chi connectivity index (χ0v) is 29.2. The van der Waals surface area contributed by atoms with Crippen LogP contribution in [0.3, 0.4) is 0 Å². The quantitative estimate of drug-likeness (QED) is 0.0577. The Balaban J connectivity index is 1.07. The number of rotatable bonds is 15. The molecule has 260 valence electrons. The predicted octanol–water partition coefficient (Wildman–Crippen LogP) is 8.15. The SMILES string of the molecule is CC(O/C=C(\N)C(=O)Nc1cc(C(=O)NCCCC2CCCC(=O)C2)ccc1CCC1CCCC(C2=CC=C=C=C2C2=CC2)CC1)C1CC1. The maximum Gasteiger partial charge on any atom is 0.274 e. The number of hydrogen-bond donors (Lipinski definition) is 3. The van der Waals surface area contributed by atoms with Crippen LogP contribution < -0.4 is 16.4 Å². The van der Waals surface area contributed by atoms with Gasteiger partial charge in [-0.05, 0) is 149 Å². The number of ketones is 1. The van der Waals surface area contributed by atoms with E-state index in [4.69, 9.17) is 10.5 Å². The van der Waals surface area contributed by atoms with E-state index in [1.54, 1.807) is 6.07 Å². The molecule has 7 nitrogen and oxygen atoms in total. The highest BCUT2D eigenvalue weighted by atomic mass is 16.5. The van der Waals surface area contributed by atoms with Crippen molar-refractivity contribution in [1.29, 1.82) is 0 Å². The van der Waals surface area contributed by atoms with Crippen molar-refractivity contribution < 1.29 is 19.1 Å². The van der Waals surface area contributed by atoms with Gasteiger partial charge in [-0.1, -0.05) is 36.4 Å². The molecular weight excluding hydrogens is 610 g/mol. The predicted molar refractivity (Wildman–Crippen MR) is 193 cm³/mol. The summed E-state index contributed by atoms with van der Waals surface area (Å²) in [7, 11) is 0. The molecule has 0 heterocycles. The third kappa shape index (κ3) is 10.00. The smallest absolute Gasteiger partial charge is 0.274 e. The molecular formula is C42H53N3O4. The normalized spacial score (nSPS) is 24.3. The average Bonchev–Trinajstić information content (AvgIpc) is 4.01. The summed E-state index contributed by atoms with van der Waals surface area (Å²) in [5, 5.41) is 6.05. The van der Waals surface area contributed by atoms with Gasteiger partial charge < -0.3 is 21.1 Å². The van der Waals surface area contributed by atoms with Crippen LogP contribution in [0.5, 0.6) is 0 Å². The second-order valence-electron chi connectivity index (χ2n) is 15.0. The Bertz CT molecular complexity index is 1620. The molecule has 1 aromatic carbocycles. The van der Waals surface area contributed by atoms with Crippen molar-refractivity contribution in [3.8, 4) is 0 Å². The van der Waals surface area contributed by atoms with Crippen LogP contribution >= 0.6 is 0 Å². The number of nitrogens with one attached hydrogen (secondary N) is 2. The number of carbonyl (C=O) groups is 3. The van der Waals surface area contributed by atoms with Crippen LogP contribution in [0, 0.1) is 23.7 Å². The van der Waals surface area contributed by atoms with E-state index in [-0.39, 0.29) is 17.7 Å². The van der Waals surface area contributed by atoms with Gasteiger partial charge in [0.25, 0.3) is 11.8 Å². The van der Waals surface area contributed by atoms with Crippen LogP contribution in [0.1, 0.15) is 119 Å². The van der Waals surface area contributed by atoms with Crippen LogP contribution in [-0.2, 0) is 20.7 Å². The number of hydrogen-bond acceptors (Lipinski definition) is 5. The topological polar surface area (TPSA) is 111 Å². The monoisotopic (exact) mass is 663 g/mol. The Kier molecular flexibility index (Phi) is 11.8. The molecule has 0 radical (unpaired) electrons. The van der Waals surface area contributed by atoms with E-state index in [1.165, 1.54) is 55.1 Å². The fourth-order valence-electron chi connectivity index (χ4n) is 7.81. The maximum atomic E-state index is 13.2. The van der Waals surface area contributed by atoms with Crippen LogP contribution in [0.4, 0.5) is 5.69 Å². The lowest BCUT2D eigenvalue weighted by Gasteiger charge is -2.20. The summed E-state index contributed by atoms with van der Waals surface area (Å²) in [6.45, 7) is 2.56. The van der Waals surface area contributed by atoms with Crippen molar-refractivity contribution in [2.75, 3.05) is 11.9 Å². The van der Waals surface area contributed by atoms with Gasteiger partial charge >= 0.3 is 0 Å². The molecule has 0 bridgehead atoms. The van der Waals surface area contributed by atoms with Crippen LogP contribution in [-0.4, -0.2) is 30.2 Å². The Labute approximate surface area is 291 Å². The number of amides is 2. The van der Waals surface area contributed by atoms with Crippen molar-refractivity contribution in [2.24, 2.45) is 29.4 Å². The first kappa shape index (κ1) is 34.8. The number of benzene rings is 1. The molecule has 3 fully saturated rings. The molecule has 4 atom stereocenters. The summed E-state index contributed by atoms with van der Waals surface area (Å²) >= 11 is 0. The minimum absolute atomic E-state index is 0.0152. The first-order valence-electron chi connectivity index (χ1n) is 18.8. The molecule has 5 aliphatic carbocycles. The number of allylic oxidation sites excluding steroid dienone is 6. The van der Waals surface area contributed by atoms with Gasteiger partial charge in [0.1, 0.15) is 17.7 Å². The van der Waals surface area contributed by atoms with E-state index in [9.17, 15) is 14.4 Å². The van der Waals surface area contributed by atoms with Gasteiger partial charge in [-0.15, -0.1) is 0 Å². The Morgan fingerprint density at radius 3 is 2.69 bits per heavy atom. The van der Waals surface area contributed by atoms with E-state index >= 15 is 0 Å². The molecule has 4 N–H and O–H groups in total. The van der Waals surface area contributed by atoms with Gasteiger partial charge in [0.05, 0.1) is 6.10 Å². The molecule has 1 aromatic rings. The maximum absolute atomic E-state index is 13.2. The van der Waals surface area contributed by atoms with E-state index in [2.05, 4.69) is 34.2 Å². The first-order valence-corrected chi connectivity index (χ1v) is 18.8. The Morgan fingerprint density at radius 2 is 1.90 bits per heavy atom. The summed E-state index contributed by atoms with van der Waals surface area (Å²) < 4.78 is 5.75. The summed E-state index contributed by atoms with van der Waals surface area (Å²) in [4.78, 5) is 38.2. The molecule has 49 heavy (non-hydrogen) atoms. The highest BCUT2D eigenvalue weighted by Gasteiger charge is 2.29. The Morgan fingerprint density at radius 1 is 1.06 bits per heavy atom. The molecule has 0 aromatic heterocycles. The summed E-state index contributed by atoms with van der Waals surface area (Å²) in [6, 6.07) is 5.62. The number of ether oxygens (including phenoxy) is 1. The molecule has 7 heteroatoms. The van der Waals surface area contributed by atoms with E-state index in [1.807, 2.05) is 25.1 Å². The number of nitrogens with two attached hydrogens (primary N) is 1. The van der Waals surface area contributed by atoms with Gasteiger partial charge in [0.15, 0.2) is 0 Å². The summed E-state index contributed by atoms with van der Waals surface area (Å²) in [6.07, 6.45) is 24.3. The van der Waals surface area contributed by atoms with Crippen LogP contribution in [0.2, 0.25) is 0 Å². The molecule has 3 saturated carbocycles. The van der Waals surface area contributed by atoms with Gasteiger partial charge in [-0.25, -0.2) is 0 Å². The van der Waals surface area contributed by atoms with Crippen LogP contribution in [0.15, 0.2) is 76.6 Å². The molecule has 0 saturated heterocycles. The van der Waals surface area contributed by atoms with E-state index < -0.39 is 5.91 Å². The van der Waals surface area contributed by atoms with Crippen LogP contribution in [0.25, 0.3) is 0 Å². The second kappa shape index (κ2) is 16.6. The lowest BCUT2D eigenvalue weighted by atomic mass is 9.84. The lowest BCUT2D eigenvalue weighted by Crippen LogP contribution is -2.26. The second-order valence-corrected chi connectivity index (χ2v) is 15.0. The highest BCUT2D eigenvalue weighted by molar-refractivity contribution is 6.04. The molecule has 2 amide bonds. The third-order valence-electron chi connectivity index (χ3n) is 11.1. The Hall–Kier alpha value is -4.05. The van der Waals surface area contributed by atoms with E-state index in [0.717, 1.165) is 63.4 Å². The van der Waals surface area contributed by atoms with Crippen molar-refractivity contribution in [2.45, 2.75) is 116 Å².